The molecule has 0 atom stereocenters. The lowest BCUT2D eigenvalue weighted by Gasteiger charge is -2.09. The predicted molar refractivity (Wildman–Crippen MR) is 74.9 cm³/mol. The lowest BCUT2D eigenvalue weighted by atomic mass is 10.0. The highest BCUT2D eigenvalue weighted by molar-refractivity contribution is 6.35. The number of nitro benzene ring substituents is 1. The minimum atomic E-state index is -0.525. The second-order valence-corrected chi connectivity index (χ2v) is 4.29. The summed E-state index contributed by atoms with van der Waals surface area (Å²) in [6.07, 6.45) is 0. The molecule has 0 spiro atoms. The van der Waals surface area contributed by atoms with E-state index in [1.165, 1.54) is 18.2 Å². The van der Waals surface area contributed by atoms with Gasteiger partial charge in [-0.1, -0.05) is 29.8 Å². The van der Waals surface area contributed by atoms with E-state index in [-0.39, 0.29) is 11.4 Å². The van der Waals surface area contributed by atoms with Crippen molar-refractivity contribution in [3.8, 4) is 0 Å². The van der Waals surface area contributed by atoms with Crippen LogP contribution in [-0.2, 0) is 0 Å². The van der Waals surface area contributed by atoms with Gasteiger partial charge in [0.15, 0.2) is 0 Å². The van der Waals surface area contributed by atoms with Gasteiger partial charge in [-0.2, -0.15) is 0 Å². The molecule has 0 aliphatic carbocycles. The maximum atomic E-state index is 10.8. The Morgan fingerprint density at radius 1 is 1.21 bits per heavy atom. The van der Waals surface area contributed by atoms with Crippen LogP contribution in [0.25, 0.3) is 0 Å². The van der Waals surface area contributed by atoms with Crippen molar-refractivity contribution in [1.29, 1.82) is 5.41 Å². The van der Waals surface area contributed by atoms with Gasteiger partial charge in [0.05, 0.1) is 10.6 Å². The number of nitrogens with one attached hydrogen (secondary N) is 1. The van der Waals surface area contributed by atoms with Crippen molar-refractivity contribution in [2.75, 3.05) is 5.73 Å². The van der Waals surface area contributed by atoms with Crippen molar-refractivity contribution in [3.63, 3.8) is 0 Å². The van der Waals surface area contributed by atoms with Gasteiger partial charge < -0.3 is 5.73 Å². The minimum Gasteiger partial charge on any atom is -0.398 e. The van der Waals surface area contributed by atoms with Gasteiger partial charge in [0.2, 0.25) is 0 Å². The highest BCUT2D eigenvalue weighted by atomic mass is 35.5. The van der Waals surface area contributed by atoms with Gasteiger partial charge in [-0.25, -0.2) is 0 Å². The number of nitrogens with zero attached hydrogens (tertiary/aromatic N) is 1. The van der Waals surface area contributed by atoms with Crippen LogP contribution in [0, 0.1) is 15.5 Å². The van der Waals surface area contributed by atoms with E-state index in [1.807, 2.05) is 0 Å². The molecule has 6 heteroatoms. The van der Waals surface area contributed by atoms with E-state index >= 15 is 0 Å². The Hall–Kier alpha value is -2.40. The molecule has 0 aromatic heterocycles. The van der Waals surface area contributed by atoms with Crippen LogP contribution >= 0.6 is 11.6 Å². The molecule has 0 aliphatic rings. The normalized spacial score (nSPS) is 10.2. The first-order valence-corrected chi connectivity index (χ1v) is 5.76. The Bertz CT molecular complexity index is 671. The van der Waals surface area contributed by atoms with Crippen LogP contribution in [-0.4, -0.2) is 10.6 Å². The van der Waals surface area contributed by atoms with Crippen molar-refractivity contribution in [3.05, 3.63) is 68.7 Å². The highest BCUT2D eigenvalue weighted by Crippen LogP contribution is 2.25. The number of hydrogen-bond acceptors (Lipinski definition) is 4. The Morgan fingerprint density at radius 2 is 1.89 bits per heavy atom. The van der Waals surface area contributed by atoms with Crippen LogP contribution in [0.5, 0.6) is 0 Å². The summed E-state index contributed by atoms with van der Waals surface area (Å²) in [5.74, 6) is 0. The maximum absolute atomic E-state index is 10.8. The summed E-state index contributed by atoms with van der Waals surface area (Å²) in [6.45, 7) is 0. The second-order valence-electron chi connectivity index (χ2n) is 3.88. The predicted octanol–water partition coefficient (Wildman–Crippen LogP) is 3.25. The number of benzene rings is 2. The molecule has 0 bridgehead atoms. The van der Waals surface area contributed by atoms with Gasteiger partial charge in [0.25, 0.3) is 5.69 Å². The molecule has 96 valence electrons. The Morgan fingerprint density at radius 3 is 2.53 bits per heavy atom. The third-order valence-corrected chi connectivity index (χ3v) is 2.99. The largest absolute Gasteiger partial charge is 0.398 e. The summed E-state index contributed by atoms with van der Waals surface area (Å²) in [7, 11) is 0. The van der Waals surface area contributed by atoms with Crippen molar-refractivity contribution >= 4 is 28.7 Å². The maximum Gasteiger partial charge on any atom is 0.270 e. The fourth-order valence-electron chi connectivity index (χ4n) is 1.68. The number of rotatable bonds is 3. The summed E-state index contributed by atoms with van der Waals surface area (Å²) in [5.41, 5.74) is 6.80. The summed E-state index contributed by atoms with van der Waals surface area (Å²) in [4.78, 5) is 10.2. The van der Waals surface area contributed by atoms with Crippen LogP contribution in [0.15, 0.2) is 42.5 Å². The lowest BCUT2D eigenvalue weighted by Crippen LogP contribution is -2.06. The molecule has 2 rings (SSSR count). The number of anilines is 1. The molecule has 5 nitrogen and oxygen atoms in total. The molecule has 0 saturated heterocycles. The quantitative estimate of drug-likeness (QED) is 0.390. The molecule has 0 unspecified atom stereocenters. The van der Waals surface area contributed by atoms with Gasteiger partial charge >= 0.3 is 0 Å². The van der Waals surface area contributed by atoms with E-state index in [2.05, 4.69) is 0 Å². The Balaban J connectivity index is 2.53. The van der Waals surface area contributed by atoms with Crippen molar-refractivity contribution in [1.82, 2.24) is 0 Å². The molecule has 0 amide bonds. The lowest BCUT2D eigenvalue weighted by molar-refractivity contribution is -0.384. The number of nitro groups is 1. The highest BCUT2D eigenvalue weighted by Gasteiger charge is 2.15. The fraction of sp³-hybridized carbons (Fsp3) is 0. The van der Waals surface area contributed by atoms with Crippen LogP contribution in [0.4, 0.5) is 11.4 Å². The first kappa shape index (κ1) is 13.0. The fourth-order valence-corrected chi connectivity index (χ4v) is 1.91. The molecule has 0 aliphatic heterocycles. The number of hydrogen-bond donors (Lipinski definition) is 2. The standard InChI is InChI=1S/C13H10ClN3O2/c14-11-4-2-1-3-9(11)13(16)10-7-8(17(18)19)5-6-12(10)15/h1-7,16H,15H2. The number of non-ortho nitro benzene ring substituents is 1. The van der Waals surface area contributed by atoms with E-state index in [0.29, 0.717) is 21.8 Å². The second kappa shape index (κ2) is 5.07. The van der Waals surface area contributed by atoms with Crippen LogP contribution in [0.3, 0.4) is 0 Å². The number of nitrogen functional groups attached to an aromatic ring is 1. The molecule has 3 N–H and O–H groups in total. The van der Waals surface area contributed by atoms with Crippen molar-refractivity contribution < 1.29 is 4.92 Å². The first-order valence-electron chi connectivity index (χ1n) is 5.38. The Kier molecular flexibility index (Phi) is 3.48. The third-order valence-electron chi connectivity index (χ3n) is 2.66. The smallest absolute Gasteiger partial charge is 0.270 e. The van der Waals surface area contributed by atoms with E-state index in [0.717, 1.165) is 0 Å². The molecule has 19 heavy (non-hydrogen) atoms. The van der Waals surface area contributed by atoms with Gasteiger partial charge in [-0.05, 0) is 12.1 Å². The summed E-state index contributed by atoms with van der Waals surface area (Å²) in [6, 6.07) is 10.8. The van der Waals surface area contributed by atoms with Gasteiger partial charge in [0.1, 0.15) is 0 Å². The van der Waals surface area contributed by atoms with E-state index < -0.39 is 4.92 Å². The average molecular weight is 276 g/mol. The number of halogens is 1. The zero-order valence-electron chi connectivity index (χ0n) is 9.76. The van der Waals surface area contributed by atoms with Crippen LogP contribution < -0.4 is 5.73 Å². The van der Waals surface area contributed by atoms with E-state index in [4.69, 9.17) is 22.7 Å². The van der Waals surface area contributed by atoms with Gasteiger partial charge in [0, 0.05) is 34.0 Å². The van der Waals surface area contributed by atoms with Gasteiger partial charge in [-0.15, -0.1) is 0 Å². The summed E-state index contributed by atoms with van der Waals surface area (Å²) < 4.78 is 0. The Labute approximate surface area is 114 Å². The minimum absolute atomic E-state index is 0.0619. The first-order chi connectivity index (χ1) is 9.00. The molecule has 0 saturated carbocycles. The topological polar surface area (TPSA) is 93.0 Å². The SMILES string of the molecule is N=C(c1cc([N+](=O)[O-])ccc1N)c1ccccc1Cl. The van der Waals surface area contributed by atoms with Crippen molar-refractivity contribution in [2.24, 2.45) is 0 Å². The monoisotopic (exact) mass is 275 g/mol. The van der Waals surface area contributed by atoms with E-state index in [1.54, 1.807) is 24.3 Å². The van der Waals surface area contributed by atoms with Crippen molar-refractivity contribution in [2.45, 2.75) is 0 Å². The van der Waals surface area contributed by atoms with Crippen LogP contribution in [0.1, 0.15) is 11.1 Å². The zero-order chi connectivity index (χ0) is 14.0. The molecule has 2 aromatic carbocycles. The molecule has 0 heterocycles. The molecular weight excluding hydrogens is 266 g/mol. The molecule has 2 aromatic rings. The van der Waals surface area contributed by atoms with Gasteiger partial charge in [-0.3, -0.25) is 15.5 Å². The van der Waals surface area contributed by atoms with E-state index in [9.17, 15) is 10.1 Å². The third kappa shape index (κ3) is 2.56. The molecular formula is C13H10ClN3O2. The summed E-state index contributed by atoms with van der Waals surface area (Å²) in [5, 5.41) is 19.3. The molecule has 0 radical (unpaired) electrons. The number of nitrogens with two attached hydrogens (primary N) is 1. The summed E-state index contributed by atoms with van der Waals surface area (Å²) >= 11 is 6.01. The zero-order valence-corrected chi connectivity index (χ0v) is 10.5. The average Bonchev–Trinajstić information content (AvgIpc) is 2.38. The molecule has 0 fully saturated rings. The van der Waals surface area contributed by atoms with Crippen LogP contribution in [0.2, 0.25) is 5.02 Å².